The van der Waals surface area contributed by atoms with Crippen molar-refractivity contribution in [2.75, 3.05) is 25.1 Å². The van der Waals surface area contributed by atoms with Crippen molar-refractivity contribution >= 4 is 17.6 Å². The van der Waals surface area contributed by atoms with Crippen molar-refractivity contribution in [1.29, 1.82) is 0 Å². The van der Waals surface area contributed by atoms with Crippen LogP contribution in [0.5, 0.6) is 5.75 Å². The number of piperidine rings is 1. The summed E-state index contributed by atoms with van der Waals surface area (Å²) in [7, 11) is 0. The predicted molar refractivity (Wildman–Crippen MR) is 105 cm³/mol. The van der Waals surface area contributed by atoms with Gasteiger partial charge in [-0.15, -0.1) is 0 Å². The number of carbonyl (C=O) groups is 2. The zero-order valence-electron chi connectivity index (χ0n) is 16.1. The molecule has 1 aliphatic heterocycles. The van der Waals surface area contributed by atoms with E-state index in [9.17, 15) is 27.9 Å². The Balaban J connectivity index is 1.48. The first-order valence-electron chi connectivity index (χ1n) is 9.48. The third-order valence-electron chi connectivity index (χ3n) is 4.94. The minimum Gasteiger partial charge on any atom is -0.508 e. The predicted octanol–water partition coefficient (Wildman–Crippen LogP) is 3.88. The second kappa shape index (κ2) is 9.06. The molecule has 0 bridgehead atoms. The summed E-state index contributed by atoms with van der Waals surface area (Å²) in [6.45, 7) is -0.883. The molecule has 1 saturated heterocycles. The monoisotopic (exact) mass is 421 g/mol. The van der Waals surface area contributed by atoms with Crippen LogP contribution in [0, 0.1) is 0 Å². The van der Waals surface area contributed by atoms with Crippen LogP contribution < -0.4 is 10.6 Å². The van der Waals surface area contributed by atoms with Crippen LogP contribution in [0.4, 0.5) is 23.7 Å². The number of amides is 3. The van der Waals surface area contributed by atoms with Crippen molar-refractivity contribution in [2.24, 2.45) is 0 Å². The van der Waals surface area contributed by atoms with Crippen LogP contribution in [-0.4, -0.2) is 47.8 Å². The van der Waals surface area contributed by atoms with Crippen LogP contribution in [0.1, 0.15) is 28.8 Å². The molecule has 0 radical (unpaired) electrons. The second-order valence-electron chi connectivity index (χ2n) is 7.13. The van der Waals surface area contributed by atoms with Crippen molar-refractivity contribution in [3.63, 3.8) is 0 Å². The highest BCUT2D eigenvalue weighted by atomic mass is 19.3. The molecule has 2 aromatic rings. The number of urea groups is 1. The van der Waals surface area contributed by atoms with Gasteiger partial charge in [-0.1, -0.05) is 18.2 Å². The highest BCUT2D eigenvalue weighted by Crippen LogP contribution is 2.29. The molecule has 3 rings (SSSR count). The Hall–Kier alpha value is -3.23. The summed E-state index contributed by atoms with van der Waals surface area (Å²) < 4.78 is 38.9. The number of phenolic OH excluding ortho intramolecular Hbond substituents is 1. The highest BCUT2D eigenvalue weighted by molar-refractivity contribution is 5.94. The molecule has 1 fully saturated rings. The molecular formula is C21H22F3N3O3. The van der Waals surface area contributed by atoms with Crippen molar-refractivity contribution in [3.05, 3.63) is 59.7 Å². The number of anilines is 1. The minimum atomic E-state index is -3.55. The van der Waals surface area contributed by atoms with Gasteiger partial charge in [-0.2, -0.15) is 8.78 Å². The summed E-state index contributed by atoms with van der Waals surface area (Å²) in [6.07, 6.45) is 1.11. The molecule has 1 heterocycles. The Kier molecular flexibility index (Phi) is 6.49. The molecule has 9 heteroatoms. The molecule has 0 aliphatic carbocycles. The third kappa shape index (κ3) is 5.22. The van der Waals surface area contributed by atoms with E-state index in [4.69, 9.17) is 0 Å². The first-order chi connectivity index (χ1) is 14.3. The quantitative estimate of drug-likeness (QED) is 0.685. The lowest BCUT2D eigenvalue weighted by Crippen LogP contribution is -2.47. The van der Waals surface area contributed by atoms with Crippen molar-refractivity contribution in [1.82, 2.24) is 10.2 Å². The SMILES string of the molecule is O=C(Nc1ccc(C(F)(F)CF)cc1)NC1CCN(C(=O)c2cccc(O)c2)CC1. The van der Waals surface area contributed by atoms with Gasteiger partial charge in [0, 0.05) is 35.9 Å². The minimum absolute atomic E-state index is 0.0236. The number of hydrogen-bond donors (Lipinski definition) is 3. The molecule has 0 unspecified atom stereocenters. The smallest absolute Gasteiger partial charge is 0.319 e. The van der Waals surface area contributed by atoms with E-state index in [0.717, 1.165) is 12.1 Å². The van der Waals surface area contributed by atoms with Crippen LogP contribution in [0.3, 0.4) is 0 Å². The lowest BCUT2D eigenvalue weighted by Gasteiger charge is -2.32. The molecule has 0 spiro atoms. The lowest BCUT2D eigenvalue weighted by atomic mass is 10.0. The average molecular weight is 421 g/mol. The first kappa shape index (κ1) is 21.5. The fourth-order valence-electron chi connectivity index (χ4n) is 3.28. The van der Waals surface area contributed by atoms with Crippen LogP contribution in [0.2, 0.25) is 0 Å². The molecule has 160 valence electrons. The number of hydrogen-bond acceptors (Lipinski definition) is 3. The van der Waals surface area contributed by atoms with Crippen molar-refractivity contribution < 1.29 is 27.9 Å². The maximum atomic E-state index is 13.3. The van der Waals surface area contributed by atoms with Crippen molar-refractivity contribution in [3.8, 4) is 5.75 Å². The van der Waals surface area contributed by atoms with Gasteiger partial charge in [0.2, 0.25) is 0 Å². The molecule has 0 saturated carbocycles. The summed E-state index contributed by atoms with van der Waals surface area (Å²) in [5, 5.41) is 14.9. The van der Waals surface area contributed by atoms with Crippen LogP contribution in [-0.2, 0) is 5.92 Å². The molecule has 0 atom stereocenters. The largest absolute Gasteiger partial charge is 0.508 e. The van der Waals surface area contributed by atoms with E-state index in [1.807, 2.05) is 0 Å². The van der Waals surface area contributed by atoms with E-state index in [-0.39, 0.29) is 17.7 Å². The van der Waals surface area contributed by atoms with Gasteiger partial charge in [-0.25, -0.2) is 9.18 Å². The van der Waals surface area contributed by atoms with Crippen LogP contribution in [0.25, 0.3) is 0 Å². The number of carbonyl (C=O) groups excluding carboxylic acids is 2. The van der Waals surface area contributed by atoms with Gasteiger partial charge in [-0.05, 0) is 43.2 Å². The van der Waals surface area contributed by atoms with E-state index in [1.165, 1.54) is 24.3 Å². The van der Waals surface area contributed by atoms with E-state index in [2.05, 4.69) is 10.6 Å². The summed E-state index contributed by atoms with van der Waals surface area (Å²) in [4.78, 5) is 26.3. The molecule has 0 aromatic heterocycles. The second-order valence-corrected chi connectivity index (χ2v) is 7.13. The zero-order chi connectivity index (χ0) is 21.7. The summed E-state index contributed by atoms with van der Waals surface area (Å²) in [5.41, 5.74) is 0.253. The number of likely N-dealkylation sites (tertiary alicyclic amines) is 1. The number of alkyl halides is 3. The summed E-state index contributed by atoms with van der Waals surface area (Å²) in [5.74, 6) is -3.71. The number of nitrogens with zero attached hydrogens (tertiary/aromatic N) is 1. The number of phenols is 1. The van der Waals surface area contributed by atoms with Gasteiger partial charge in [0.1, 0.15) is 5.75 Å². The Morgan fingerprint density at radius 2 is 1.77 bits per heavy atom. The number of nitrogens with one attached hydrogen (secondary N) is 2. The standard InChI is InChI=1S/C21H22F3N3O3/c22-13-21(23,24)15-4-6-16(7-5-15)25-20(30)26-17-8-10-27(11-9-17)19(29)14-2-1-3-18(28)12-14/h1-7,12,17,28H,8-11,13H2,(H2,25,26,30). The fourth-order valence-corrected chi connectivity index (χ4v) is 3.28. The maximum Gasteiger partial charge on any atom is 0.319 e. The van der Waals surface area contributed by atoms with E-state index >= 15 is 0 Å². The average Bonchev–Trinajstić information content (AvgIpc) is 2.74. The Labute approximate surface area is 171 Å². The number of halogens is 3. The molecule has 3 amide bonds. The van der Waals surface area contributed by atoms with Gasteiger partial charge in [-0.3, -0.25) is 4.79 Å². The normalized spacial score (nSPS) is 15.0. The van der Waals surface area contributed by atoms with Gasteiger partial charge < -0.3 is 20.6 Å². The van der Waals surface area contributed by atoms with Gasteiger partial charge in [0.15, 0.2) is 6.67 Å². The van der Waals surface area contributed by atoms with E-state index in [1.54, 1.807) is 17.0 Å². The maximum absolute atomic E-state index is 13.3. The topological polar surface area (TPSA) is 81.7 Å². The molecular weight excluding hydrogens is 399 g/mol. The fraction of sp³-hybridized carbons (Fsp3) is 0.333. The van der Waals surface area contributed by atoms with Gasteiger partial charge >= 0.3 is 12.0 Å². The molecule has 30 heavy (non-hydrogen) atoms. The van der Waals surface area contributed by atoms with Crippen LogP contribution >= 0.6 is 0 Å². The van der Waals surface area contributed by atoms with Crippen molar-refractivity contribution in [2.45, 2.75) is 24.8 Å². The lowest BCUT2D eigenvalue weighted by molar-refractivity contribution is -0.0280. The van der Waals surface area contributed by atoms with Gasteiger partial charge in [0.05, 0.1) is 0 Å². The Morgan fingerprint density at radius 3 is 2.37 bits per heavy atom. The number of rotatable bonds is 5. The molecule has 2 aromatic carbocycles. The third-order valence-corrected chi connectivity index (χ3v) is 4.94. The molecule has 6 nitrogen and oxygen atoms in total. The Bertz CT molecular complexity index is 898. The zero-order valence-corrected chi connectivity index (χ0v) is 16.1. The number of aromatic hydroxyl groups is 1. The summed E-state index contributed by atoms with van der Waals surface area (Å²) >= 11 is 0. The summed E-state index contributed by atoms with van der Waals surface area (Å²) in [6, 6.07) is 10.2. The molecule has 1 aliphatic rings. The Morgan fingerprint density at radius 1 is 1.10 bits per heavy atom. The number of benzene rings is 2. The highest BCUT2D eigenvalue weighted by Gasteiger charge is 2.31. The molecule has 3 N–H and O–H groups in total. The van der Waals surface area contributed by atoms with E-state index in [0.29, 0.717) is 37.2 Å². The van der Waals surface area contributed by atoms with E-state index < -0.39 is 24.2 Å². The van der Waals surface area contributed by atoms with Gasteiger partial charge in [0.25, 0.3) is 5.91 Å². The first-order valence-corrected chi connectivity index (χ1v) is 9.48. The van der Waals surface area contributed by atoms with Crippen LogP contribution in [0.15, 0.2) is 48.5 Å².